The van der Waals surface area contributed by atoms with Crippen molar-refractivity contribution in [3.63, 3.8) is 0 Å². The summed E-state index contributed by atoms with van der Waals surface area (Å²) in [5, 5.41) is 3.17. The fourth-order valence-electron chi connectivity index (χ4n) is 2.17. The van der Waals surface area contributed by atoms with E-state index in [1.54, 1.807) is 36.7 Å². The third kappa shape index (κ3) is 4.17. The van der Waals surface area contributed by atoms with Gasteiger partial charge in [0, 0.05) is 6.20 Å². The number of nitrogens with one attached hydrogen (secondary N) is 2. The summed E-state index contributed by atoms with van der Waals surface area (Å²) in [6.45, 7) is 0.279. The highest BCUT2D eigenvalue weighted by molar-refractivity contribution is 6.29. The minimum atomic E-state index is -0.289. The van der Waals surface area contributed by atoms with Crippen molar-refractivity contribution in [2.45, 2.75) is 13.0 Å². The Labute approximate surface area is 142 Å². The molecule has 0 aliphatic heterocycles. The van der Waals surface area contributed by atoms with Crippen LogP contribution in [0, 0.1) is 5.82 Å². The number of pyridine rings is 1. The largest absolute Gasteiger partial charge is 0.349 e. The van der Waals surface area contributed by atoms with Crippen LogP contribution in [-0.4, -0.2) is 20.9 Å². The van der Waals surface area contributed by atoms with Crippen molar-refractivity contribution in [2.75, 3.05) is 0 Å². The van der Waals surface area contributed by atoms with E-state index in [1.165, 1.54) is 12.1 Å². The van der Waals surface area contributed by atoms with Gasteiger partial charge in [0.25, 0.3) is 0 Å². The second-order valence-electron chi connectivity index (χ2n) is 5.19. The van der Waals surface area contributed by atoms with E-state index in [-0.39, 0.29) is 24.7 Å². The molecule has 0 radical (unpaired) electrons. The average Bonchev–Trinajstić information content (AvgIpc) is 3.05. The summed E-state index contributed by atoms with van der Waals surface area (Å²) in [6.07, 6.45) is 3.44. The van der Waals surface area contributed by atoms with Crippen LogP contribution in [0.15, 0.2) is 48.8 Å². The molecule has 0 bridgehead atoms. The van der Waals surface area contributed by atoms with Gasteiger partial charge in [-0.05, 0) is 41.5 Å². The lowest BCUT2D eigenvalue weighted by Crippen LogP contribution is -2.25. The highest BCUT2D eigenvalue weighted by atomic mass is 35.5. The zero-order valence-electron chi connectivity index (χ0n) is 12.6. The molecule has 5 nitrogen and oxygen atoms in total. The number of aromatic amines is 1. The number of H-pyrrole nitrogens is 1. The molecule has 3 rings (SSSR count). The lowest BCUT2D eigenvalue weighted by atomic mass is 10.2. The van der Waals surface area contributed by atoms with E-state index in [0.717, 1.165) is 16.8 Å². The second-order valence-corrected chi connectivity index (χ2v) is 5.58. The molecule has 1 amide bonds. The number of nitrogens with zero attached hydrogens (tertiary/aromatic N) is 2. The number of halogens is 2. The molecular formula is C17H14ClFN4O. The monoisotopic (exact) mass is 344 g/mol. The van der Waals surface area contributed by atoms with Crippen molar-refractivity contribution < 1.29 is 9.18 Å². The minimum absolute atomic E-state index is 0.140. The standard InChI is InChI=1S/C17H14ClFN4O/c18-15-6-1-11(8-20-15)7-17(24)22-10-16-21-9-14(23-16)12-2-4-13(19)5-3-12/h1-6,8-9H,7,10H2,(H,21,23)(H,22,24). The Morgan fingerprint density at radius 3 is 2.62 bits per heavy atom. The molecule has 2 aromatic heterocycles. The molecule has 0 saturated carbocycles. The number of benzene rings is 1. The van der Waals surface area contributed by atoms with Gasteiger partial charge in [-0.15, -0.1) is 0 Å². The van der Waals surface area contributed by atoms with Crippen LogP contribution in [0.4, 0.5) is 4.39 Å². The molecule has 0 unspecified atom stereocenters. The van der Waals surface area contributed by atoms with Gasteiger partial charge in [-0.2, -0.15) is 0 Å². The van der Waals surface area contributed by atoms with E-state index >= 15 is 0 Å². The molecule has 2 heterocycles. The number of carbonyl (C=O) groups excluding carboxylic acids is 1. The third-order valence-electron chi connectivity index (χ3n) is 3.39. The molecular weight excluding hydrogens is 331 g/mol. The van der Waals surface area contributed by atoms with E-state index in [1.807, 2.05) is 0 Å². The summed E-state index contributed by atoms with van der Waals surface area (Å²) in [6, 6.07) is 9.51. The van der Waals surface area contributed by atoms with Gasteiger partial charge in [-0.3, -0.25) is 4.79 Å². The third-order valence-corrected chi connectivity index (χ3v) is 3.61. The van der Waals surface area contributed by atoms with Gasteiger partial charge in [0.15, 0.2) is 0 Å². The Bertz CT molecular complexity index is 831. The fourth-order valence-corrected chi connectivity index (χ4v) is 2.28. The first-order chi connectivity index (χ1) is 11.6. The Morgan fingerprint density at radius 1 is 1.12 bits per heavy atom. The van der Waals surface area contributed by atoms with Gasteiger partial charge in [-0.25, -0.2) is 14.4 Å². The van der Waals surface area contributed by atoms with Crippen LogP contribution >= 0.6 is 11.6 Å². The molecule has 24 heavy (non-hydrogen) atoms. The molecule has 0 fully saturated rings. The number of rotatable bonds is 5. The number of hydrogen-bond donors (Lipinski definition) is 2. The summed E-state index contributed by atoms with van der Waals surface area (Å²) in [4.78, 5) is 23.2. The molecule has 7 heteroatoms. The van der Waals surface area contributed by atoms with Gasteiger partial charge >= 0.3 is 0 Å². The summed E-state index contributed by atoms with van der Waals surface area (Å²) in [5.41, 5.74) is 2.37. The highest BCUT2D eigenvalue weighted by Gasteiger charge is 2.07. The Kier molecular flexibility index (Phi) is 4.86. The zero-order chi connectivity index (χ0) is 16.9. The summed E-state index contributed by atoms with van der Waals surface area (Å²) < 4.78 is 12.9. The maximum Gasteiger partial charge on any atom is 0.224 e. The molecule has 0 saturated heterocycles. The predicted molar refractivity (Wildman–Crippen MR) is 88.8 cm³/mol. The van der Waals surface area contributed by atoms with Crippen molar-refractivity contribution >= 4 is 17.5 Å². The number of carbonyl (C=O) groups is 1. The van der Waals surface area contributed by atoms with Crippen molar-refractivity contribution in [1.82, 2.24) is 20.3 Å². The van der Waals surface area contributed by atoms with Gasteiger partial charge < -0.3 is 10.3 Å². The number of aromatic nitrogens is 3. The van der Waals surface area contributed by atoms with E-state index in [2.05, 4.69) is 20.3 Å². The average molecular weight is 345 g/mol. The highest BCUT2D eigenvalue weighted by Crippen LogP contribution is 2.17. The predicted octanol–water partition coefficient (Wildman–Crippen LogP) is 3.12. The molecule has 122 valence electrons. The van der Waals surface area contributed by atoms with Crippen molar-refractivity contribution in [3.05, 3.63) is 71.2 Å². The first kappa shape index (κ1) is 16.1. The van der Waals surface area contributed by atoms with Gasteiger partial charge in [0.05, 0.1) is 24.9 Å². The van der Waals surface area contributed by atoms with E-state index in [9.17, 15) is 9.18 Å². The Balaban J connectivity index is 1.56. The van der Waals surface area contributed by atoms with Crippen molar-refractivity contribution in [2.24, 2.45) is 0 Å². The Hall–Kier alpha value is -2.73. The molecule has 3 aromatic rings. The van der Waals surface area contributed by atoms with E-state index in [0.29, 0.717) is 11.0 Å². The number of amides is 1. The fraction of sp³-hybridized carbons (Fsp3) is 0.118. The first-order valence-electron chi connectivity index (χ1n) is 7.27. The Morgan fingerprint density at radius 2 is 1.92 bits per heavy atom. The zero-order valence-corrected chi connectivity index (χ0v) is 13.3. The van der Waals surface area contributed by atoms with Crippen LogP contribution in [0.5, 0.6) is 0 Å². The van der Waals surface area contributed by atoms with Crippen LogP contribution in [0.2, 0.25) is 5.15 Å². The van der Waals surface area contributed by atoms with Crippen LogP contribution in [-0.2, 0) is 17.8 Å². The smallest absolute Gasteiger partial charge is 0.224 e. The van der Waals surface area contributed by atoms with Crippen LogP contribution in [0.1, 0.15) is 11.4 Å². The van der Waals surface area contributed by atoms with Crippen molar-refractivity contribution in [1.29, 1.82) is 0 Å². The molecule has 0 spiro atoms. The van der Waals surface area contributed by atoms with Crippen LogP contribution in [0.25, 0.3) is 11.3 Å². The summed E-state index contributed by atoms with van der Waals surface area (Å²) in [5.74, 6) is 0.193. The van der Waals surface area contributed by atoms with Crippen LogP contribution < -0.4 is 5.32 Å². The number of imidazole rings is 1. The maximum atomic E-state index is 12.9. The number of hydrogen-bond acceptors (Lipinski definition) is 3. The molecule has 2 N–H and O–H groups in total. The SMILES string of the molecule is O=C(Cc1ccc(Cl)nc1)NCc1ncc(-c2ccc(F)cc2)[nH]1. The van der Waals surface area contributed by atoms with E-state index < -0.39 is 0 Å². The first-order valence-corrected chi connectivity index (χ1v) is 7.65. The maximum absolute atomic E-state index is 12.9. The normalized spacial score (nSPS) is 10.6. The van der Waals surface area contributed by atoms with Crippen molar-refractivity contribution in [3.8, 4) is 11.3 Å². The van der Waals surface area contributed by atoms with E-state index in [4.69, 9.17) is 11.6 Å². The quantitative estimate of drug-likeness (QED) is 0.699. The van der Waals surface area contributed by atoms with Gasteiger partial charge in [-0.1, -0.05) is 17.7 Å². The van der Waals surface area contributed by atoms with Crippen LogP contribution in [0.3, 0.4) is 0 Å². The molecule has 0 atom stereocenters. The molecule has 0 aliphatic carbocycles. The lowest BCUT2D eigenvalue weighted by molar-refractivity contribution is -0.120. The van der Waals surface area contributed by atoms with Gasteiger partial charge in [0.2, 0.25) is 5.91 Å². The van der Waals surface area contributed by atoms with Gasteiger partial charge in [0.1, 0.15) is 16.8 Å². The lowest BCUT2D eigenvalue weighted by Gasteiger charge is -2.03. The minimum Gasteiger partial charge on any atom is -0.349 e. The summed E-state index contributed by atoms with van der Waals surface area (Å²) >= 11 is 5.71. The second kappa shape index (κ2) is 7.23. The molecule has 0 aliphatic rings. The summed E-state index contributed by atoms with van der Waals surface area (Å²) in [7, 11) is 0. The topological polar surface area (TPSA) is 70.7 Å². The molecule has 1 aromatic carbocycles.